The van der Waals surface area contributed by atoms with Gasteiger partial charge in [-0.15, -0.1) is 0 Å². The molecule has 0 aliphatic carbocycles. The first kappa shape index (κ1) is 18.2. The highest BCUT2D eigenvalue weighted by atomic mass is 15.3. The van der Waals surface area contributed by atoms with Crippen LogP contribution >= 0.6 is 0 Å². The lowest BCUT2D eigenvalue weighted by atomic mass is 9.93. The number of hydrogen-bond acceptors (Lipinski definition) is 2. The van der Waals surface area contributed by atoms with Gasteiger partial charge in [-0.1, -0.05) is 37.3 Å². The highest BCUT2D eigenvalue weighted by Crippen LogP contribution is 2.27. The van der Waals surface area contributed by atoms with Crippen molar-refractivity contribution in [2.24, 2.45) is 10.9 Å². The second-order valence-electron chi connectivity index (χ2n) is 7.48. The number of nitrogens with one attached hydrogen (secondary N) is 1. The van der Waals surface area contributed by atoms with E-state index in [1.165, 1.54) is 50.9 Å². The van der Waals surface area contributed by atoms with Crippen molar-refractivity contribution in [3.8, 4) is 0 Å². The molecular formula is C21H34N4. The molecule has 1 unspecified atom stereocenters. The Morgan fingerprint density at radius 3 is 2.56 bits per heavy atom. The van der Waals surface area contributed by atoms with Gasteiger partial charge in [-0.2, -0.15) is 0 Å². The lowest BCUT2D eigenvalue weighted by Gasteiger charge is -2.31. The van der Waals surface area contributed by atoms with E-state index in [4.69, 9.17) is 0 Å². The van der Waals surface area contributed by atoms with E-state index in [2.05, 4.69) is 57.4 Å². The molecule has 2 heterocycles. The van der Waals surface area contributed by atoms with Crippen molar-refractivity contribution in [3.05, 3.63) is 35.9 Å². The van der Waals surface area contributed by atoms with Crippen LogP contribution in [0.15, 0.2) is 35.3 Å². The minimum absolute atomic E-state index is 0.637. The summed E-state index contributed by atoms with van der Waals surface area (Å²) in [5.41, 5.74) is 1.46. The summed E-state index contributed by atoms with van der Waals surface area (Å²) in [6, 6.07) is 10.9. The first-order valence-corrected chi connectivity index (χ1v) is 10.0. The molecule has 4 nitrogen and oxygen atoms in total. The van der Waals surface area contributed by atoms with Gasteiger partial charge in [0.15, 0.2) is 5.96 Å². The van der Waals surface area contributed by atoms with E-state index < -0.39 is 0 Å². The Hall–Kier alpha value is -1.55. The maximum absolute atomic E-state index is 4.53. The number of guanidine groups is 1. The predicted molar refractivity (Wildman–Crippen MR) is 106 cm³/mol. The molecule has 138 valence electrons. The van der Waals surface area contributed by atoms with Crippen molar-refractivity contribution in [1.29, 1.82) is 0 Å². The quantitative estimate of drug-likeness (QED) is 0.659. The molecule has 1 N–H and O–H groups in total. The van der Waals surface area contributed by atoms with Gasteiger partial charge in [0.25, 0.3) is 0 Å². The molecule has 1 aromatic carbocycles. The van der Waals surface area contributed by atoms with Crippen LogP contribution in [0.4, 0.5) is 0 Å². The van der Waals surface area contributed by atoms with E-state index in [9.17, 15) is 0 Å². The van der Waals surface area contributed by atoms with Gasteiger partial charge in [0.1, 0.15) is 0 Å². The Kier molecular flexibility index (Phi) is 6.74. The van der Waals surface area contributed by atoms with Crippen molar-refractivity contribution >= 4 is 5.96 Å². The van der Waals surface area contributed by atoms with Gasteiger partial charge in [-0.05, 0) is 56.8 Å². The highest BCUT2D eigenvalue weighted by molar-refractivity contribution is 5.80. The molecule has 1 atom stereocenters. The van der Waals surface area contributed by atoms with E-state index >= 15 is 0 Å². The van der Waals surface area contributed by atoms with Crippen LogP contribution in [0.25, 0.3) is 0 Å². The summed E-state index contributed by atoms with van der Waals surface area (Å²) in [4.78, 5) is 9.52. The van der Waals surface area contributed by atoms with E-state index in [-0.39, 0.29) is 0 Å². The van der Waals surface area contributed by atoms with Crippen LogP contribution in [0.2, 0.25) is 0 Å². The molecule has 3 rings (SSSR count). The molecule has 25 heavy (non-hydrogen) atoms. The van der Waals surface area contributed by atoms with E-state index in [1.807, 2.05) is 7.05 Å². The van der Waals surface area contributed by atoms with Crippen molar-refractivity contribution < 1.29 is 0 Å². The number of likely N-dealkylation sites (tertiary alicyclic amines) is 2. The van der Waals surface area contributed by atoms with Crippen molar-refractivity contribution in [2.45, 2.75) is 38.5 Å². The lowest BCUT2D eigenvalue weighted by Crippen LogP contribution is -2.41. The highest BCUT2D eigenvalue weighted by Gasteiger charge is 2.26. The molecule has 2 fully saturated rings. The molecule has 4 heteroatoms. The molecule has 2 aliphatic rings. The predicted octanol–water partition coefficient (Wildman–Crippen LogP) is 3.17. The Bertz CT molecular complexity index is 534. The second kappa shape index (κ2) is 9.23. The average molecular weight is 343 g/mol. The third-order valence-corrected chi connectivity index (χ3v) is 5.96. The first-order valence-electron chi connectivity index (χ1n) is 10.0. The van der Waals surface area contributed by atoms with Gasteiger partial charge in [-0.25, -0.2) is 0 Å². The summed E-state index contributed by atoms with van der Waals surface area (Å²) in [6.07, 6.45) is 5.20. The Morgan fingerprint density at radius 1 is 1.12 bits per heavy atom. The fourth-order valence-electron chi connectivity index (χ4n) is 4.26. The van der Waals surface area contributed by atoms with Crippen LogP contribution < -0.4 is 5.32 Å². The summed E-state index contributed by atoms with van der Waals surface area (Å²) in [5.74, 6) is 2.60. The van der Waals surface area contributed by atoms with Crippen molar-refractivity contribution in [1.82, 2.24) is 15.1 Å². The van der Waals surface area contributed by atoms with Crippen molar-refractivity contribution in [3.63, 3.8) is 0 Å². The number of rotatable bonds is 5. The second-order valence-corrected chi connectivity index (χ2v) is 7.48. The van der Waals surface area contributed by atoms with Gasteiger partial charge >= 0.3 is 0 Å². The number of piperidine rings is 1. The van der Waals surface area contributed by atoms with E-state index in [0.717, 1.165) is 31.5 Å². The molecular weight excluding hydrogens is 308 g/mol. The summed E-state index contributed by atoms with van der Waals surface area (Å²) in [5, 5.41) is 3.62. The number of benzene rings is 1. The van der Waals surface area contributed by atoms with Crippen LogP contribution in [-0.4, -0.2) is 62.1 Å². The fraction of sp³-hybridized carbons (Fsp3) is 0.667. The Labute approximate surface area is 153 Å². The largest absolute Gasteiger partial charge is 0.356 e. The van der Waals surface area contributed by atoms with Gasteiger partial charge in [-0.3, -0.25) is 4.99 Å². The zero-order valence-corrected chi connectivity index (χ0v) is 16.0. The molecule has 1 aromatic rings. The van der Waals surface area contributed by atoms with Crippen LogP contribution in [-0.2, 0) is 0 Å². The summed E-state index contributed by atoms with van der Waals surface area (Å²) < 4.78 is 0. The molecule has 0 bridgehead atoms. The Morgan fingerprint density at radius 2 is 1.88 bits per heavy atom. The van der Waals surface area contributed by atoms with Gasteiger partial charge in [0.2, 0.25) is 0 Å². The van der Waals surface area contributed by atoms with Gasteiger partial charge < -0.3 is 15.1 Å². The lowest BCUT2D eigenvalue weighted by molar-refractivity contribution is 0.187. The molecule has 0 saturated carbocycles. The maximum atomic E-state index is 4.53. The molecule has 0 amide bonds. The molecule has 2 saturated heterocycles. The molecule has 0 aromatic heterocycles. The zero-order chi connectivity index (χ0) is 17.5. The number of nitrogens with zero attached hydrogens (tertiary/aromatic N) is 3. The van der Waals surface area contributed by atoms with Crippen LogP contribution in [0.1, 0.15) is 44.1 Å². The fourth-order valence-corrected chi connectivity index (χ4v) is 4.26. The number of hydrogen-bond donors (Lipinski definition) is 1. The normalized spacial score (nSPS) is 23.2. The smallest absolute Gasteiger partial charge is 0.193 e. The third-order valence-electron chi connectivity index (χ3n) is 5.96. The van der Waals surface area contributed by atoms with Crippen LogP contribution in [0.3, 0.4) is 0 Å². The third kappa shape index (κ3) is 4.97. The van der Waals surface area contributed by atoms with E-state index in [1.54, 1.807) is 0 Å². The SMILES string of the molecule is CCN1CCC(CCNC(=NC)N2CCC(c3ccccc3)C2)CC1. The van der Waals surface area contributed by atoms with Gasteiger partial charge in [0.05, 0.1) is 0 Å². The van der Waals surface area contributed by atoms with Crippen molar-refractivity contribution in [2.75, 3.05) is 46.3 Å². The minimum Gasteiger partial charge on any atom is -0.356 e. The summed E-state index contributed by atoms with van der Waals surface area (Å²) in [6.45, 7) is 9.27. The summed E-state index contributed by atoms with van der Waals surface area (Å²) >= 11 is 0. The average Bonchev–Trinajstić information content (AvgIpc) is 3.16. The first-order chi connectivity index (χ1) is 12.3. The summed E-state index contributed by atoms with van der Waals surface area (Å²) in [7, 11) is 1.91. The standard InChI is InChI=1S/C21H34N4/c1-3-24-14-10-18(11-15-24)9-13-23-21(22-2)25-16-12-20(17-25)19-7-5-4-6-8-19/h4-8,18,20H,3,9-17H2,1-2H3,(H,22,23). The molecule has 0 radical (unpaired) electrons. The molecule has 0 spiro atoms. The number of aliphatic imine (C=N–C) groups is 1. The Balaban J connectivity index is 1.41. The van der Waals surface area contributed by atoms with Gasteiger partial charge in [0, 0.05) is 32.6 Å². The van der Waals surface area contributed by atoms with Crippen LogP contribution in [0, 0.1) is 5.92 Å². The topological polar surface area (TPSA) is 30.9 Å². The molecule has 2 aliphatic heterocycles. The van der Waals surface area contributed by atoms with Crippen LogP contribution in [0.5, 0.6) is 0 Å². The monoisotopic (exact) mass is 342 g/mol. The van der Waals surface area contributed by atoms with E-state index in [0.29, 0.717) is 5.92 Å². The minimum atomic E-state index is 0.637. The maximum Gasteiger partial charge on any atom is 0.193 e. The zero-order valence-electron chi connectivity index (χ0n) is 16.0.